The van der Waals surface area contributed by atoms with E-state index in [9.17, 15) is 19.2 Å². The summed E-state index contributed by atoms with van der Waals surface area (Å²) in [6, 6.07) is 6.00. The zero-order valence-corrected chi connectivity index (χ0v) is 29.3. The zero-order valence-electron chi connectivity index (χ0n) is 29.3. The van der Waals surface area contributed by atoms with Crippen LogP contribution in [-0.4, -0.2) is 93.3 Å². The van der Waals surface area contributed by atoms with Crippen LogP contribution in [0.25, 0.3) is 0 Å². The van der Waals surface area contributed by atoms with E-state index in [2.05, 4.69) is 0 Å². The summed E-state index contributed by atoms with van der Waals surface area (Å²) in [4.78, 5) is 61.2. The number of nitrogens with zero attached hydrogens (tertiary/aromatic N) is 4. The second kappa shape index (κ2) is 11.9. The standard InChI is InChI=1S/C34H54N4O6/c1-31(2,3)27-35(13)25(39)23(37(27)29(41)43-33(7,8)9)19-21-17-15-16-18-22(21)20-24-26(40)36(14)28(32(4,5)6)38(24)30(42)44-34(10,11)12/h15-18,23-24,27-28H,19-20H2,1-14H3. The van der Waals surface area contributed by atoms with Crippen LogP contribution in [0.5, 0.6) is 0 Å². The Kier molecular flexibility index (Phi) is 9.51. The number of carbonyl (C=O) groups excluding carboxylic acids is 4. The Hall–Kier alpha value is -3.30. The van der Waals surface area contributed by atoms with Crippen molar-refractivity contribution >= 4 is 24.0 Å². The molecule has 1 aromatic carbocycles. The van der Waals surface area contributed by atoms with E-state index < -0.39 is 58.6 Å². The Balaban J connectivity index is 2.04. The van der Waals surface area contributed by atoms with Gasteiger partial charge in [0.15, 0.2) is 0 Å². The van der Waals surface area contributed by atoms with Crippen LogP contribution in [0.1, 0.15) is 94.2 Å². The highest BCUT2D eigenvalue weighted by Crippen LogP contribution is 2.38. The van der Waals surface area contributed by atoms with E-state index in [1.165, 1.54) is 0 Å². The molecule has 0 radical (unpaired) electrons. The molecular weight excluding hydrogens is 560 g/mol. The van der Waals surface area contributed by atoms with Crippen molar-refractivity contribution in [2.24, 2.45) is 10.8 Å². The Morgan fingerprint density at radius 1 is 0.614 bits per heavy atom. The number of benzene rings is 1. The highest BCUT2D eigenvalue weighted by Gasteiger charge is 2.54. The minimum Gasteiger partial charge on any atom is -0.444 e. The Labute approximate surface area is 264 Å². The summed E-state index contributed by atoms with van der Waals surface area (Å²) in [6.45, 7) is 22.8. The van der Waals surface area contributed by atoms with Gasteiger partial charge < -0.3 is 19.3 Å². The third kappa shape index (κ3) is 7.49. The second-order valence-corrected chi connectivity index (χ2v) is 16.4. The van der Waals surface area contributed by atoms with Crippen LogP contribution in [0.15, 0.2) is 24.3 Å². The van der Waals surface area contributed by atoms with Crippen LogP contribution >= 0.6 is 0 Å². The van der Waals surface area contributed by atoms with Crippen molar-refractivity contribution in [3.63, 3.8) is 0 Å². The normalized spacial score (nSPS) is 23.5. The number of hydrogen-bond donors (Lipinski definition) is 0. The highest BCUT2D eigenvalue weighted by atomic mass is 16.6. The highest BCUT2D eigenvalue weighted by molar-refractivity contribution is 5.91. The summed E-state index contributed by atoms with van der Waals surface area (Å²) >= 11 is 0. The number of rotatable bonds is 4. The topological polar surface area (TPSA) is 99.7 Å². The molecule has 0 aliphatic carbocycles. The fourth-order valence-electron chi connectivity index (χ4n) is 6.49. The van der Waals surface area contributed by atoms with Crippen molar-refractivity contribution in [2.45, 2.75) is 132 Å². The van der Waals surface area contributed by atoms with Gasteiger partial charge in [0.25, 0.3) is 0 Å². The monoisotopic (exact) mass is 614 g/mol. The molecule has 1 aromatic rings. The average Bonchev–Trinajstić information content (AvgIpc) is 3.23. The van der Waals surface area contributed by atoms with Crippen LogP contribution in [0.3, 0.4) is 0 Å². The van der Waals surface area contributed by atoms with Gasteiger partial charge in [0.05, 0.1) is 0 Å². The first-order valence-electron chi connectivity index (χ1n) is 15.5. The lowest BCUT2D eigenvalue weighted by atomic mass is 9.90. The van der Waals surface area contributed by atoms with E-state index in [1.807, 2.05) is 65.8 Å². The van der Waals surface area contributed by atoms with E-state index in [1.54, 1.807) is 75.2 Å². The quantitative estimate of drug-likeness (QED) is 0.433. The largest absolute Gasteiger partial charge is 0.444 e. The molecule has 2 aliphatic rings. The van der Waals surface area contributed by atoms with Crippen molar-refractivity contribution in [3.8, 4) is 0 Å². The van der Waals surface area contributed by atoms with E-state index >= 15 is 0 Å². The lowest BCUT2D eigenvalue weighted by Crippen LogP contribution is -2.52. The van der Waals surface area contributed by atoms with Gasteiger partial charge in [-0.25, -0.2) is 9.59 Å². The van der Waals surface area contributed by atoms with Crippen LogP contribution in [0.4, 0.5) is 9.59 Å². The minimum atomic E-state index is -0.800. The van der Waals surface area contributed by atoms with E-state index in [-0.39, 0.29) is 24.7 Å². The van der Waals surface area contributed by atoms with Gasteiger partial charge >= 0.3 is 12.2 Å². The molecule has 2 heterocycles. The lowest BCUT2D eigenvalue weighted by molar-refractivity contribution is -0.130. The van der Waals surface area contributed by atoms with Crippen LogP contribution in [-0.2, 0) is 31.9 Å². The summed E-state index contributed by atoms with van der Waals surface area (Å²) in [5.41, 5.74) is -0.716. The lowest BCUT2D eigenvalue weighted by Gasteiger charge is -2.39. The molecule has 10 nitrogen and oxygen atoms in total. The summed E-state index contributed by atoms with van der Waals surface area (Å²) in [7, 11) is 3.44. The molecule has 3 rings (SSSR count). The molecule has 0 N–H and O–H groups in total. The molecule has 2 aliphatic heterocycles. The molecule has 2 saturated heterocycles. The number of amides is 4. The zero-order chi connectivity index (χ0) is 33.7. The van der Waals surface area contributed by atoms with Gasteiger partial charge in [-0.1, -0.05) is 65.8 Å². The molecule has 0 bridgehead atoms. The number of carbonyl (C=O) groups is 4. The molecule has 0 saturated carbocycles. The summed E-state index contributed by atoms with van der Waals surface area (Å²) < 4.78 is 11.6. The number of hydrogen-bond acceptors (Lipinski definition) is 6. The fraction of sp³-hybridized carbons (Fsp3) is 0.706. The molecule has 10 heteroatoms. The second-order valence-electron chi connectivity index (χ2n) is 16.4. The molecule has 4 unspecified atom stereocenters. The van der Waals surface area contributed by atoms with E-state index in [0.29, 0.717) is 0 Å². The summed E-state index contributed by atoms with van der Waals surface area (Å²) in [5.74, 6) is -0.351. The van der Waals surface area contributed by atoms with Crippen molar-refractivity contribution in [1.82, 2.24) is 19.6 Å². The van der Waals surface area contributed by atoms with Crippen LogP contribution < -0.4 is 0 Å². The first-order valence-corrected chi connectivity index (χ1v) is 15.5. The molecule has 0 spiro atoms. The number of ether oxygens (including phenoxy) is 2. The maximum atomic E-state index is 13.8. The van der Waals surface area contributed by atoms with Crippen molar-refractivity contribution < 1.29 is 28.7 Å². The van der Waals surface area contributed by atoms with Crippen molar-refractivity contribution in [1.29, 1.82) is 0 Å². The van der Waals surface area contributed by atoms with Gasteiger partial charge in [0, 0.05) is 37.8 Å². The summed E-state index contributed by atoms with van der Waals surface area (Å²) in [5, 5.41) is 0. The van der Waals surface area contributed by atoms with Gasteiger partial charge in [-0.2, -0.15) is 0 Å². The van der Waals surface area contributed by atoms with Gasteiger partial charge in [-0.3, -0.25) is 19.4 Å². The maximum Gasteiger partial charge on any atom is 0.412 e. The molecule has 44 heavy (non-hydrogen) atoms. The third-order valence-corrected chi connectivity index (χ3v) is 7.90. The van der Waals surface area contributed by atoms with Crippen molar-refractivity contribution in [3.05, 3.63) is 35.4 Å². The molecule has 0 aromatic heterocycles. The SMILES string of the molecule is CN1C(=O)C(Cc2ccccc2CC2C(=O)N(C)C(C(C)(C)C)N2C(=O)OC(C)(C)C)N(C(=O)OC(C)(C)C)C1C(C)(C)C. The Bertz CT molecular complexity index is 1170. The molecule has 4 amide bonds. The predicted octanol–water partition coefficient (Wildman–Crippen LogP) is 5.67. The first-order chi connectivity index (χ1) is 19.8. The Morgan fingerprint density at radius 2 is 0.909 bits per heavy atom. The van der Waals surface area contributed by atoms with E-state index in [4.69, 9.17) is 9.47 Å². The number of likely N-dealkylation sites (N-methyl/N-ethyl adjacent to an activating group) is 2. The first kappa shape index (κ1) is 35.2. The van der Waals surface area contributed by atoms with Crippen LogP contribution in [0, 0.1) is 10.8 Å². The molecule has 2 fully saturated rings. The molecular formula is C34H54N4O6. The Morgan fingerprint density at radius 3 is 1.16 bits per heavy atom. The van der Waals surface area contributed by atoms with Gasteiger partial charge in [-0.05, 0) is 52.7 Å². The average molecular weight is 615 g/mol. The van der Waals surface area contributed by atoms with Gasteiger partial charge in [0.2, 0.25) is 11.8 Å². The fourth-order valence-corrected chi connectivity index (χ4v) is 6.49. The molecule has 246 valence electrons. The predicted molar refractivity (Wildman–Crippen MR) is 170 cm³/mol. The van der Waals surface area contributed by atoms with E-state index in [0.717, 1.165) is 11.1 Å². The van der Waals surface area contributed by atoms with Crippen LogP contribution in [0.2, 0.25) is 0 Å². The molecule has 4 atom stereocenters. The smallest absolute Gasteiger partial charge is 0.412 e. The van der Waals surface area contributed by atoms with Gasteiger partial charge in [-0.15, -0.1) is 0 Å². The summed E-state index contributed by atoms with van der Waals surface area (Å²) in [6.07, 6.45) is -1.65. The maximum absolute atomic E-state index is 13.8. The van der Waals surface area contributed by atoms with Crippen molar-refractivity contribution in [2.75, 3.05) is 14.1 Å². The third-order valence-electron chi connectivity index (χ3n) is 7.90. The minimum absolute atomic E-state index is 0.176. The van der Waals surface area contributed by atoms with Gasteiger partial charge in [0.1, 0.15) is 35.6 Å².